The summed E-state index contributed by atoms with van der Waals surface area (Å²) in [6.45, 7) is 13.5. The molecule has 17 heavy (non-hydrogen) atoms. The molecule has 0 aromatic heterocycles. The Morgan fingerprint density at radius 3 is 2.76 bits per heavy atom. The lowest BCUT2D eigenvalue weighted by Crippen LogP contribution is -2.47. The molecule has 2 nitrogen and oxygen atoms in total. The Hall–Kier alpha value is -0.0800. The predicted octanol–water partition coefficient (Wildman–Crippen LogP) is 2.74. The molecular weight excluding hydrogens is 208 g/mol. The van der Waals surface area contributed by atoms with Crippen molar-refractivity contribution < 1.29 is 0 Å². The molecular formula is C15H30N2. The van der Waals surface area contributed by atoms with Crippen LogP contribution in [0.15, 0.2) is 0 Å². The predicted molar refractivity (Wildman–Crippen MR) is 74.2 cm³/mol. The number of nitrogens with one attached hydrogen (secondary N) is 1. The maximum absolute atomic E-state index is 3.62. The molecule has 0 aromatic rings. The highest BCUT2D eigenvalue weighted by atomic mass is 15.1. The van der Waals surface area contributed by atoms with E-state index >= 15 is 0 Å². The summed E-state index contributed by atoms with van der Waals surface area (Å²) < 4.78 is 0. The van der Waals surface area contributed by atoms with Gasteiger partial charge >= 0.3 is 0 Å². The summed E-state index contributed by atoms with van der Waals surface area (Å²) in [5, 5.41) is 3.62. The van der Waals surface area contributed by atoms with Crippen LogP contribution >= 0.6 is 0 Å². The molecule has 0 radical (unpaired) electrons. The van der Waals surface area contributed by atoms with E-state index in [1.165, 1.54) is 58.4 Å². The van der Waals surface area contributed by atoms with Crippen molar-refractivity contribution >= 4 is 0 Å². The average molecular weight is 238 g/mol. The molecule has 2 aliphatic rings. The van der Waals surface area contributed by atoms with Gasteiger partial charge in [-0.25, -0.2) is 0 Å². The Morgan fingerprint density at radius 2 is 2.06 bits per heavy atom. The van der Waals surface area contributed by atoms with Crippen LogP contribution in [0.25, 0.3) is 0 Å². The Bertz CT molecular complexity index is 239. The number of hydrogen-bond acceptors (Lipinski definition) is 2. The van der Waals surface area contributed by atoms with E-state index < -0.39 is 0 Å². The van der Waals surface area contributed by atoms with Gasteiger partial charge in [0.2, 0.25) is 0 Å². The van der Waals surface area contributed by atoms with E-state index in [9.17, 15) is 0 Å². The first kappa shape index (κ1) is 13.4. The van der Waals surface area contributed by atoms with Crippen LogP contribution in [0, 0.1) is 17.3 Å². The zero-order valence-electron chi connectivity index (χ0n) is 12.0. The summed E-state index contributed by atoms with van der Waals surface area (Å²) in [7, 11) is 0. The number of likely N-dealkylation sites (tertiary alicyclic amines) is 1. The van der Waals surface area contributed by atoms with Gasteiger partial charge in [0, 0.05) is 0 Å². The molecule has 2 rings (SSSR count). The Labute approximate surface area is 107 Å². The Morgan fingerprint density at radius 1 is 1.24 bits per heavy atom. The number of nitrogens with zero attached hydrogens (tertiary/aromatic N) is 1. The highest BCUT2D eigenvalue weighted by Gasteiger charge is 2.42. The van der Waals surface area contributed by atoms with Crippen LogP contribution in [-0.4, -0.2) is 37.6 Å². The second kappa shape index (κ2) is 5.71. The van der Waals surface area contributed by atoms with E-state index in [-0.39, 0.29) is 0 Å². The van der Waals surface area contributed by atoms with Crippen molar-refractivity contribution in [2.24, 2.45) is 17.3 Å². The second-order valence-corrected chi connectivity index (χ2v) is 6.45. The Balaban J connectivity index is 2.09. The highest BCUT2D eigenvalue weighted by molar-refractivity contribution is 4.94. The largest absolute Gasteiger partial charge is 0.316 e. The number of hydrogen-bond donors (Lipinski definition) is 1. The summed E-state index contributed by atoms with van der Waals surface area (Å²) in [6.07, 6.45) is 5.73. The standard InChI is InChI=1S/C15H30N2/c1-4-17-10-5-6-15(8-11-17)7-9-16-12-14(15)13(2)3/h13-14,16H,4-12H2,1-3H3. The first-order valence-corrected chi connectivity index (χ1v) is 7.61. The van der Waals surface area contributed by atoms with Crippen molar-refractivity contribution in [1.29, 1.82) is 0 Å². The van der Waals surface area contributed by atoms with E-state index in [1.807, 2.05) is 0 Å². The molecule has 2 heterocycles. The number of rotatable bonds is 2. The third kappa shape index (κ3) is 2.85. The molecule has 1 spiro atoms. The van der Waals surface area contributed by atoms with Crippen molar-refractivity contribution in [2.45, 2.75) is 46.5 Å². The zero-order valence-corrected chi connectivity index (χ0v) is 12.0. The molecule has 0 amide bonds. The van der Waals surface area contributed by atoms with Crippen molar-refractivity contribution in [1.82, 2.24) is 10.2 Å². The summed E-state index contributed by atoms with van der Waals surface area (Å²) in [5.41, 5.74) is 0.656. The summed E-state index contributed by atoms with van der Waals surface area (Å²) in [6, 6.07) is 0. The topological polar surface area (TPSA) is 15.3 Å². The van der Waals surface area contributed by atoms with E-state index in [0.29, 0.717) is 5.41 Å². The quantitative estimate of drug-likeness (QED) is 0.796. The minimum absolute atomic E-state index is 0.656. The summed E-state index contributed by atoms with van der Waals surface area (Å²) in [5.74, 6) is 1.73. The molecule has 100 valence electrons. The van der Waals surface area contributed by atoms with Gasteiger partial charge in [-0.05, 0) is 75.7 Å². The lowest BCUT2D eigenvalue weighted by atomic mass is 9.62. The Kier molecular flexibility index (Phi) is 4.48. The fourth-order valence-corrected chi connectivity index (χ4v) is 4.15. The molecule has 2 heteroatoms. The first-order chi connectivity index (χ1) is 8.18. The summed E-state index contributed by atoms with van der Waals surface area (Å²) >= 11 is 0. The van der Waals surface area contributed by atoms with Crippen LogP contribution in [-0.2, 0) is 0 Å². The van der Waals surface area contributed by atoms with Crippen LogP contribution in [0.5, 0.6) is 0 Å². The van der Waals surface area contributed by atoms with Gasteiger partial charge < -0.3 is 10.2 Å². The van der Waals surface area contributed by atoms with Gasteiger partial charge in [0.05, 0.1) is 0 Å². The van der Waals surface area contributed by atoms with Gasteiger partial charge in [-0.1, -0.05) is 20.8 Å². The van der Waals surface area contributed by atoms with Crippen molar-refractivity contribution in [3.8, 4) is 0 Å². The van der Waals surface area contributed by atoms with Gasteiger partial charge in [-0.3, -0.25) is 0 Å². The van der Waals surface area contributed by atoms with Crippen molar-refractivity contribution in [2.75, 3.05) is 32.7 Å². The van der Waals surface area contributed by atoms with Gasteiger partial charge in [0.25, 0.3) is 0 Å². The van der Waals surface area contributed by atoms with Gasteiger partial charge in [-0.2, -0.15) is 0 Å². The lowest BCUT2D eigenvalue weighted by molar-refractivity contribution is 0.0540. The number of piperidine rings is 1. The summed E-state index contributed by atoms with van der Waals surface area (Å²) in [4.78, 5) is 2.65. The third-order valence-electron chi connectivity index (χ3n) is 5.28. The van der Waals surface area contributed by atoms with Crippen LogP contribution in [0.2, 0.25) is 0 Å². The van der Waals surface area contributed by atoms with Crippen molar-refractivity contribution in [3.05, 3.63) is 0 Å². The van der Waals surface area contributed by atoms with Crippen molar-refractivity contribution in [3.63, 3.8) is 0 Å². The molecule has 0 aliphatic carbocycles. The lowest BCUT2D eigenvalue weighted by Gasteiger charge is -2.46. The van der Waals surface area contributed by atoms with Gasteiger partial charge in [0.1, 0.15) is 0 Å². The molecule has 2 atom stereocenters. The van der Waals surface area contributed by atoms with Crippen LogP contribution in [0.4, 0.5) is 0 Å². The van der Waals surface area contributed by atoms with E-state index in [2.05, 4.69) is 31.0 Å². The average Bonchev–Trinajstić information content (AvgIpc) is 2.52. The fourth-order valence-electron chi connectivity index (χ4n) is 4.15. The minimum Gasteiger partial charge on any atom is -0.316 e. The van der Waals surface area contributed by atoms with Crippen LogP contribution in [0.1, 0.15) is 46.5 Å². The van der Waals surface area contributed by atoms with Crippen LogP contribution < -0.4 is 5.32 Å². The molecule has 0 aromatic carbocycles. The van der Waals surface area contributed by atoms with E-state index in [1.54, 1.807) is 0 Å². The fraction of sp³-hybridized carbons (Fsp3) is 1.00. The first-order valence-electron chi connectivity index (χ1n) is 7.61. The normalized spacial score (nSPS) is 36.4. The molecule has 2 saturated heterocycles. The molecule has 1 N–H and O–H groups in total. The molecule has 0 bridgehead atoms. The molecule has 2 fully saturated rings. The smallest absolute Gasteiger partial charge is 0.00127 e. The zero-order chi connectivity index (χ0) is 12.3. The minimum atomic E-state index is 0.656. The molecule has 2 unspecified atom stereocenters. The molecule has 2 aliphatic heterocycles. The van der Waals surface area contributed by atoms with E-state index in [4.69, 9.17) is 0 Å². The molecule has 0 saturated carbocycles. The highest BCUT2D eigenvalue weighted by Crippen LogP contribution is 2.46. The second-order valence-electron chi connectivity index (χ2n) is 6.45. The third-order valence-corrected chi connectivity index (χ3v) is 5.28. The van der Waals surface area contributed by atoms with Gasteiger partial charge in [0.15, 0.2) is 0 Å². The maximum atomic E-state index is 3.62. The SMILES string of the molecule is CCN1CCCC2(CCNCC2C(C)C)CC1. The van der Waals surface area contributed by atoms with Gasteiger partial charge in [-0.15, -0.1) is 0 Å². The maximum Gasteiger partial charge on any atom is -0.00127 e. The van der Waals surface area contributed by atoms with E-state index in [0.717, 1.165) is 11.8 Å². The van der Waals surface area contributed by atoms with Crippen LogP contribution in [0.3, 0.4) is 0 Å². The monoisotopic (exact) mass is 238 g/mol.